The number of rotatable bonds is 6. The van der Waals surface area contributed by atoms with Gasteiger partial charge in [0, 0.05) is 44.3 Å². The number of amides is 1. The first-order valence-corrected chi connectivity index (χ1v) is 12.2. The standard InChI is InChI=1S/C28H33N5O2/c1-22(2)30(3)24-17-29-33(19-24)27(34)32-15-13-28(21-32)12-14-31(20-28)18-23-8-7-11-26(16-23)35-25-9-5-4-6-10-25/h4-11,16-17,19H,1,12-15,18,20-21H2,2-3H3. The highest BCUT2D eigenvalue weighted by atomic mass is 16.5. The van der Waals surface area contributed by atoms with E-state index >= 15 is 0 Å². The highest BCUT2D eigenvalue weighted by molar-refractivity contribution is 5.77. The molecule has 1 amide bonds. The van der Waals surface area contributed by atoms with Crippen molar-refractivity contribution in [3.8, 4) is 11.5 Å². The van der Waals surface area contributed by atoms with Crippen LogP contribution in [-0.2, 0) is 6.54 Å². The Labute approximate surface area is 207 Å². The Hall–Kier alpha value is -3.58. The van der Waals surface area contributed by atoms with E-state index in [1.165, 1.54) is 10.2 Å². The Morgan fingerprint density at radius 2 is 1.86 bits per heavy atom. The lowest BCUT2D eigenvalue weighted by atomic mass is 9.86. The molecule has 2 fully saturated rings. The van der Waals surface area contributed by atoms with Gasteiger partial charge in [-0.2, -0.15) is 9.78 Å². The topological polar surface area (TPSA) is 53.8 Å². The van der Waals surface area contributed by atoms with Crippen molar-refractivity contribution in [2.24, 2.45) is 5.41 Å². The summed E-state index contributed by atoms with van der Waals surface area (Å²) in [5.41, 5.74) is 3.18. The summed E-state index contributed by atoms with van der Waals surface area (Å²) in [6.45, 7) is 10.4. The summed E-state index contributed by atoms with van der Waals surface area (Å²) >= 11 is 0. The average molecular weight is 472 g/mol. The number of allylic oxidation sites excluding steroid dienone is 1. The second kappa shape index (κ2) is 9.58. The van der Waals surface area contributed by atoms with E-state index < -0.39 is 0 Å². The number of benzene rings is 2. The Morgan fingerprint density at radius 1 is 1.09 bits per heavy atom. The van der Waals surface area contributed by atoms with E-state index in [9.17, 15) is 4.79 Å². The Bertz CT molecular complexity index is 1210. The highest BCUT2D eigenvalue weighted by Crippen LogP contribution is 2.40. The van der Waals surface area contributed by atoms with Gasteiger partial charge in [-0.05, 0) is 56.1 Å². The molecule has 3 heterocycles. The number of carbonyl (C=O) groups excluding carboxylic acids is 1. The molecule has 2 saturated heterocycles. The second-order valence-electron chi connectivity index (χ2n) is 9.91. The van der Waals surface area contributed by atoms with Crippen molar-refractivity contribution >= 4 is 11.7 Å². The minimum atomic E-state index is -0.0487. The van der Waals surface area contributed by atoms with Crippen LogP contribution in [0.15, 0.2) is 79.3 Å². The Morgan fingerprint density at radius 3 is 2.66 bits per heavy atom. The molecule has 1 aromatic heterocycles. The van der Waals surface area contributed by atoms with Gasteiger partial charge < -0.3 is 14.5 Å². The fraction of sp³-hybridized carbons (Fsp3) is 0.357. The number of anilines is 1. The number of aromatic nitrogens is 2. The maximum atomic E-state index is 13.1. The molecule has 0 saturated carbocycles. The number of ether oxygens (including phenoxy) is 1. The van der Waals surface area contributed by atoms with E-state index in [1.54, 1.807) is 12.4 Å². The van der Waals surface area contributed by atoms with Crippen LogP contribution in [0.3, 0.4) is 0 Å². The normalized spacial score (nSPS) is 19.9. The van der Waals surface area contributed by atoms with Crippen molar-refractivity contribution in [2.45, 2.75) is 26.3 Å². The minimum absolute atomic E-state index is 0.0487. The first kappa shape index (κ1) is 23.2. The van der Waals surface area contributed by atoms with Crippen molar-refractivity contribution in [2.75, 3.05) is 38.1 Å². The van der Waals surface area contributed by atoms with Crippen LogP contribution in [-0.4, -0.2) is 58.8 Å². The smallest absolute Gasteiger partial charge is 0.344 e. The number of hydrogen-bond acceptors (Lipinski definition) is 5. The first-order chi connectivity index (χ1) is 16.9. The van der Waals surface area contributed by atoms with Gasteiger partial charge in [-0.3, -0.25) is 4.90 Å². The molecular formula is C28H33N5O2. The lowest BCUT2D eigenvalue weighted by molar-refractivity contribution is 0.196. The van der Waals surface area contributed by atoms with E-state index in [1.807, 2.05) is 60.2 Å². The predicted molar refractivity (Wildman–Crippen MR) is 138 cm³/mol. The van der Waals surface area contributed by atoms with Gasteiger partial charge in [0.15, 0.2) is 0 Å². The van der Waals surface area contributed by atoms with Gasteiger partial charge >= 0.3 is 6.03 Å². The zero-order chi connectivity index (χ0) is 24.4. The van der Waals surface area contributed by atoms with Crippen LogP contribution < -0.4 is 9.64 Å². The van der Waals surface area contributed by atoms with Crippen LogP contribution >= 0.6 is 0 Å². The van der Waals surface area contributed by atoms with E-state index in [0.717, 1.165) is 68.4 Å². The van der Waals surface area contributed by atoms with E-state index in [4.69, 9.17) is 4.74 Å². The molecule has 1 unspecified atom stereocenters. The van der Waals surface area contributed by atoms with Gasteiger partial charge in [0.25, 0.3) is 0 Å². The quantitative estimate of drug-likeness (QED) is 0.494. The molecule has 182 valence electrons. The lowest BCUT2D eigenvalue weighted by Gasteiger charge is -2.25. The predicted octanol–water partition coefficient (Wildman–Crippen LogP) is 5.21. The summed E-state index contributed by atoms with van der Waals surface area (Å²) in [6.07, 6.45) is 5.64. The number of likely N-dealkylation sites (tertiary alicyclic amines) is 2. The van der Waals surface area contributed by atoms with Gasteiger partial charge in [0.1, 0.15) is 11.5 Å². The Balaban J connectivity index is 1.18. The molecule has 7 heteroatoms. The Kier molecular flexibility index (Phi) is 6.34. The summed E-state index contributed by atoms with van der Waals surface area (Å²) in [7, 11) is 1.93. The zero-order valence-electron chi connectivity index (χ0n) is 20.6. The number of para-hydroxylation sites is 1. The monoisotopic (exact) mass is 471 g/mol. The summed E-state index contributed by atoms with van der Waals surface area (Å²) in [4.78, 5) is 19.5. The van der Waals surface area contributed by atoms with Crippen LogP contribution in [0.5, 0.6) is 11.5 Å². The third-order valence-electron chi connectivity index (χ3n) is 7.23. The summed E-state index contributed by atoms with van der Waals surface area (Å²) in [6, 6.07) is 18.2. The molecule has 2 aromatic carbocycles. The summed E-state index contributed by atoms with van der Waals surface area (Å²) < 4.78 is 7.47. The fourth-order valence-electron chi connectivity index (χ4n) is 5.14. The van der Waals surface area contributed by atoms with Crippen LogP contribution in [0.2, 0.25) is 0 Å². The molecule has 2 aliphatic heterocycles. The number of nitrogens with zero attached hydrogens (tertiary/aromatic N) is 5. The fourth-order valence-corrected chi connectivity index (χ4v) is 5.14. The molecule has 0 N–H and O–H groups in total. The second-order valence-corrected chi connectivity index (χ2v) is 9.91. The van der Waals surface area contributed by atoms with E-state index in [0.29, 0.717) is 0 Å². The maximum absolute atomic E-state index is 13.1. The van der Waals surface area contributed by atoms with Gasteiger partial charge in [-0.1, -0.05) is 36.9 Å². The summed E-state index contributed by atoms with van der Waals surface area (Å²) in [5, 5.41) is 4.31. The maximum Gasteiger partial charge on any atom is 0.344 e. The third-order valence-corrected chi connectivity index (χ3v) is 7.23. The molecule has 1 spiro atoms. The first-order valence-electron chi connectivity index (χ1n) is 12.2. The lowest BCUT2D eigenvalue weighted by Crippen LogP contribution is -2.36. The average Bonchev–Trinajstić information content (AvgIpc) is 3.60. The molecule has 7 nitrogen and oxygen atoms in total. The van der Waals surface area contributed by atoms with Crippen LogP contribution in [0.1, 0.15) is 25.3 Å². The molecule has 2 aliphatic rings. The van der Waals surface area contributed by atoms with Crippen molar-refractivity contribution < 1.29 is 9.53 Å². The zero-order valence-corrected chi connectivity index (χ0v) is 20.6. The van der Waals surface area contributed by atoms with Gasteiger partial charge in [0.2, 0.25) is 0 Å². The molecule has 0 aliphatic carbocycles. The van der Waals surface area contributed by atoms with Crippen LogP contribution in [0.4, 0.5) is 10.5 Å². The van der Waals surface area contributed by atoms with E-state index in [-0.39, 0.29) is 11.4 Å². The van der Waals surface area contributed by atoms with Gasteiger partial charge in [-0.15, -0.1) is 0 Å². The van der Waals surface area contributed by atoms with Crippen molar-refractivity contribution in [3.05, 3.63) is 84.8 Å². The molecule has 0 radical (unpaired) electrons. The van der Waals surface area contributed by atoms with Gasteiger partial charge in [-0.25, -0.2) is 4.79 Å². The minimum Gasteiger partial charge on any atom is -0.457 e. The number of carbonyl (C=O) groups is 1. The third kappa shape index (κ3) is 5.10. The van der Waals surface area contributed by atoms with Crippen LogP contribution in [0, 0.1) is 5.41 Å². The number of hydrogen-bond donors (Lipinski definition) is 0. The summed E-state index contributed by atoms with van der Waals surface area (Å²) in [5.74, 6) is 1.70. The molecule has 0 bridgehead atoms. The van der Waals surface area contributed by atoms with Crippen LogP contribution in [0.25, 0.3) is 0 Å². The van der Waals surface area contributed by atoms with Crippen molar-refractivity contribution in [1.82, 2.24) is 19.6 Å². The molecule has 35 heavy (non-hydrogen) atoms. The largest absolute Gasteiger partial charge is 0.457 e. The SMILES string of the molecule is C=C(C)N(C)c1cnn(C(=O)N2CCC3(CCN(Cc4cccc(Oc5ccccc5)c4)C3)C2)c1. The van der Waals surface area contributed by atoms with Gasteiger partial charge in [0.05, 0.1) is 18.1 Å². The van der Waals surface area contributed by atoms with E-state index in [2.05, 4.69) is 34.8 Å². The molecule has 1 atom stereocenters. The molecular weight excluding hydrogens is 438 g/mol. The van der Waals surface area contributed by atoms with Crippen molar-refractivity contribution in [3.63, 3.8) is 0 Å². The highest BCUT2D eigenvalue weighted by Gasteiger charge is 2.45. The van der Waals surface area contributed by atoms with Crippen molar-refractivity contribution in [1.29, 1.82) is 0 Å². The molecule has 3 aromatic rings. The molecule has 5 rings (SSSR count).